The molecular weight excluding hydrogens is 282 g/mol. The number of nitrogens with one attached hydrogen (secondary N) is 1. The summed E-state index contributed by atoms with van der Waals surface area (Å²) in [5, 5.41) is 13.7. The van der Waals surface area contributed by atoms with Crippen LogP contribution in [-0.4, -0.2) is 23.0 Å². The maximum atomic E-state index is 12.0. The number of aliphatic hydroxyl groups is 1. The minimum absolute atomic E-state index is 0.0194. The molecule has 0 spiro atoms. The highest BCUT2D eigenvalue weighted by Gasteiger charge is 2.32. The van der Waals surface area contributed by atoms with Crippen molar-refractivity contribution in [3.63, 3.8) is 0 Å². The highest BCUT2D eigenvalue weighted by Crippen LogP contribution is 2.34. The van der Waals surface area contributed by atoms with Crippen molar-refractivity contribution in [2.75, 3.05) is 0 Å². The second-order valence-electron chi connectivity index (χ2n) is 6.25. The molecule has 0 aromatic carbocycles. The molecule has 0 atom stereocenters. The van der Waals surface area contributed by atoms with E-state index in [0.717, 1.165) is 0 Å². The molecule has 0 fully saturated rings. The lowest BCUT2D eigenvalue weighted by Gasteiger charge is -2.28. The number of nitrogens with zero attached hydrogens (tertiary/aromatic N) is 2. The number of aliphatic hydroxyl groups excluding tert-OH is 1. The van der Waals surface area contributed by atoms with Crippen LogP contribution in [0, 0.1) is 5.41 Å². The Morgan fingerprint density at radius 3 is 2.59 bits per heavy atom. The number of aromatic nitrogens is 1. The van der Waals surface area contributed by atoms with Crippen LogP contribution in [0.2, 0.25) is 0 Å². The fourth-order valence-electron chi connectivity index (χ4n) is 2.32. The van der Waals surface area contributed by atoms with Gasteiger partial charge in [0.1, 0.15) is 12.8 Å². The largest absolute Gasteiger partial charge is 0.511 e. The summed E-state index contributed by atoms with van der Waals surface area (Å²) in [5.41, 5.74) is 2.73. The molecule has 0 saturated carbocycles. The average molecular weight is 302 g/mol. The predicted molar refractivity (Wildman–Crippen MR) is 81.3 cm³/mol. The molecule has 0 saturated heterocycles. The molecule has 6 nitrogen and oxygen atoms in total. The summed E-state index contributed by atoms with van der Waals surface area (Å²) in [6.07, 6.45) is 5.48. The lowest BCUT2D eigenvalue weighted by Crippen LogP contribution is -2.28. The summed E-state index contributed by atoms with van der Waals surface area (Å²) >= 11 is 0. The first kappa shape index (κ1) is 15.9. The van der Waals surface area contributed by atoms with Gasteiger partial charge >= 0.3 is 0 Å². The number of hydrogen-bond donors (Lipinski definition) is 2. The molecule has 1 aromatic rings. The Balaban J connectivity index is 2.05. The van der Waals surface area contributed by atoms with Gasteiger partial charge in [-0.15, -0.1) is 0 Å². The minimum Gasteiger partial charge on any atom is -0.511 e. The van der Waals surface area contributed by atoms with Crippen LogP contribution in [0.1, 0.15) is 37.0 Å². The zero-order valence-corrected chi connectivity index (χ0v) is 13.0. The molecule has 0 unspecified atom stereocenters. The number of Topliss-reactive ketones (excluding diaryl/α,β-unsaturated/α-hetero) is 1. The van der Waals surface area contributed by atoms with Gasteiger partial charge in [-0.2, -0.15) is 5.10 Å². The van der Waals surface area contributed by atoms with Gasteiger partial charge < -0.3 is 5.11 Å². The van der Waals surface area contributed by atoms with Crippen molar-refractivity contribution < 1.29 is 19.3 Å². The molecule has 22 heavy (non-hydrogen) atoms. The number of hydrazone groups is 1. The quantitative estimate of drug-likeness (QED) is 0.503. The molecule has 1 aliphatic rings. The highest BCUT2D eigenvalue weighted by atomic mass is 16.3. The van der Waals surface area contributed by atoms with E-state index < -0.39 is 0 Å². The van der Waals surface area contributed by atoms with E-state index >= 15 is 0 Å². The van der Waals surface area contributed by atoms with Crippen molar-refractivity contribution in [1.29, 1.82) is 0 Å². The summed E-state index contributed by atoms with van der Waals surface area (Å²) in [6.45, 7) is 3.85. The average Bonchev–Trinajstić information content (AvgIpc) is 2.41. The van der Waals surface area contributed by atoms with Gasteiger partial charge in [0.2, 0.25) is 0 Å². The number of aryl methyl sites for hydroxylation is 1. The van der Waals surface area contributed by atoms with E-state index in [-0.39, 0.29) is 28.4 Å². The van der Waals surface area contributed by atoms with Crippen LogP contribution in [-0.2, 0) is 11.8 Å². The molecule has 2 N–H and O–H groups in total. The Kier molecular flexibility index (Phi) is 4.40. The van der Waals surface area contributed by atoms with Gasteiger partial charge in [-0.3, -0.25) is 9.59 Å². The van der Waals surface area contributed by atoms with E-state index in [1.54, 1.807) is 24.5 Å². The monoisotopic (exact) mass is 302 g/mol. The molecule has 0 aliphatic heterocycles. The topological polar surface area (TPSA) is 82.6 Å². The number of amides is 1. The van der Waals surface area contributed by atoms with Crippen LogP contribution in [0.15, 0.2) is 41.0 Å². The SMILES string of the molecule is C[n+]1ccc(C(=O)NN=CC2=C(O)CC(C)(C)CC2=O)cc1. The molecule has 0 bridgehead atoms. The van der Waals surface area contributed by atoms with Crippen molar-refractivity contribution in [3.05, 3.63) is 41.4 Å². The number of carbonyl (C=O) groups is 2. The van der Waals surface area contributed by atoms with Crippen molar-refractivity contribution in [2.24, 2.45) is 17.6 Å². The summed E-state index contributed by atoms with van der Waals surface area (Å²) in [4.78, 5) is 23.8. The van der Waals surface area contributed by atoms with E-state index in [1.165, 1.54) is 6.21 Å². The molecule has 116 valence electrons. The van der Waals surface area contributed by atoms with Gasteiger partial charge in [0, 0.05) is 25.0 Å². The number of hydrogen-bond acceptors (Lipinski definition) is 4. The van der Waals surface area contributed by atoms with Crippen molar-refractivity contribution in [1.82, 2.24) is 5.43 Å². The predicted octanol–water partition coefficient (Wildman–Crippen LogP) is 1.43. The number of allylic oxidation sites excluding steroid dienone is 2. The molecule has 1 aliphatic carbocycles. The van der Waals surface area contributed by atoms with Crippen molar-refractivity contribution >= 4 is 17.9 Å². The Hall–Kier alpha value is -2.50. The third-order valence-corrected chi connectivity index (χ3v) is 3.50. The van der Waals surface area contributed by atoms with Gasteiger partial charge in [-0.1, -0.05) is 13.8 Å². The molecule has 1 aromatic heterocycles. The third kappa shape index (κ3) is 3.78. The third-order valence-electron chi connectivity index (χ3n) is 3.50. The number of carbonyl (C=O) groups excluding carboxylic acids is 2. The van der Waals surface area contributed by atoms with Gasteiger partial charge in [0.15, 0.2) is 18.2 Å². The van der Waals surface area contributed by atoms with E-state index in [1.807, 2.05) is 25.5 Å². The van der Waals surface area contributed by atoms with Gasteiger partial charge in [-0.05, 0) is 5.41 Å². The second-order valence-corrected chi connectivity index (χ2v) is 6.25. The van der Waals surface area contributed by atoms with Crippen LogP contribution < -0.4 is 9.99 Å². The standard InChI is InChI=1S/C16H19N3O3/c1-16(2)8-13(20)12(14(21)9-16)10-17-18-15(22)11-4-6-19(3)7-5-11/h4-7,10,22H,8-9H2,1-3H3/p+1. The Morgan fingerprint density at radius 2 is 2.00 bits per heavy atom. The maximum absolute atomic E-state index is 12.0. The molecule has 1 amide bonds. The van der Waals surface area contributed by atoms with E-state index in [0.29, 0.717) is 18.4 Å². The second kappa shape index (κ2) is 6.09. The first-order chi connectivity index (χ1) is 10.3. The first-order valence-electron chi connectivity index (χ1n) is 7.02. The normalized spacial score (nSPS) is 17.9. The zero-order valence-electron chi connectivity index (χ0n) is 13.0. The van der Waals surface area contributed by atoms with Gasteiger partial charge in [0.05, 0.1) is 17.4 Å². The molecule has 1 heterocycles. The summed E-state index contributed by atoms with van der Waals surface area (Å²) in [6, 6.07) is 3.33. The van der Waals surface area contributed by atoms with Crippen LogP contribution in [0.3, 0.4) is 0 Å². The van der Waals surface area contributed by atoms with Crippen LogP contribution in [0.4, 0.5) is 0 Å². The lowest BCUT2D eigenvalue weighted by atomic mass is 9.77. The zero-order chi connectivity index (χ0) is 16.3. The van der Waals surface area contributed by atoms with Crippen LogP contribution >= 0.6 is 0 Å². The van der Waals surface area contributed by atoms with Gasteiger partial charge in [0.25, 0.3) is 5.91 Å². The highest BCUT2D eigenvalue weighted by molar-refractivity contribution is 6.14. The van der Waals surface area contributed by atoms with E-state index in [2.05, 4.69) is 10.5 Å². The maximum Gasteiger partial charge on any atom is 0.271 e. The Bertz CT molecular complexity index is 658. The smallest absolute Gasteiger partial charge is 0.271 e. The number of rotatable bonds is 3. The number of pyridine rings is 1. The summed E-state index contributed by atoms with van der Waals surface area (Å²) in [7, 11) is 1.85. The summed E-state index contributed by atoms with van der Waals surface area (Å²) in [5.74, 6) is -0.523. The lowest BCUT2D eigenvalue weighted by molar-refractivity contribution is -0.671. The Labute approximate surface area is 129 Å². The van der Waals surface area contributed by atoms with E-state index in [9.17, 15) is 14.7 Å². The Morgan fingerprint density at radius 1 is 1.36 bits per heavy atom. The van der Waals surface area contributed by atoms with Gasteiger partial charge in [-0.25, -0.2) is 9.99 Å². The van der Waals surface area contributed by atoms with Crippen molar-refractivity contribution in [3.8, 4) is 0 Å². The molecule has 0 radical (unpaired) electrons. The number of ketones is 1. The molecule has 2 rings (SSSR count). The minimum atomic E-state index is -0.375. The first-order valence-corrected chi connectivity index (χ1v) is 7.02. The fraction of sp³-hybridized carbons (Fsp3) is 0.375. The fourth-order valence-corrected chi connectivity index (χ4v) is 2.32. The van der Waals surface area contributed by atoms with Crippen molar-refractivity contribution in [2.45, 2.75) is 26.7 Å². The molecular formula is C16H20N3O3+. The molecule has 6 heteroatoms. The van der Waals surface area contributed by atoms with Crippen LogP contribution in [0.25, 0.3) is 0 Å². The van der Waals surface area contributed by atoms with Crippen LogP contribution in [0.5, 0.6) is 0 Å². The van der Waals surface area contributed by atoms with E-state index in [4.69, 9.17) is 0 Å². The summed E-state index contributed by atoms with van der Waals surface area (Å²) < 4.78 is 1.81.